The molecule has 1 atom stereocenters. The van der Waals surface area contributed by atoms with Crippen LogP contribution in [0.25, 0.3) is 6.08 Å². The standard InChI is InChI=1S/C34H32ClIN2O6S/c1-6-42-24-13-11-22(12-14-24)30-29(33(40)44-19(2)3)20(4)37-34-38(30)32(39)28(45-34)17-21-15-26(36)31(27(16-21)41-5)43-18-23-9-7-8-10-25(23)35/h7-17,19,30H,6,18H2,1-5H3/b28-17+/t30-/m0/s1. The van der Waals surface area contributed by atoms with Crippen LogP contribution in [0.1, 0.15) is 50.4 Å². The summed E-state index contributed by atoms with van der Waals surface area (Å²) >= 11 is 9.76. The zero-order chi connectivity index (χ0) is 32.2. The monoisotopic (exact) mass is 758 g/mol. The van der Waals surface area contributed by atoms with Crippen molar-refractivity contribution in [1.82, 2.24) is 4.57 Å². The number of carbonyl (C=O) groups excluding carboxylic acids is 1. The molecule has 0 spiro atoms. The number of allylic oxidation sites excluding steroid dienone is 1. The highest BCUT2D eigenvalue weighted by atomic mass is 127. The van der Waals surface area contributed by atoms with E-state index < -0.39 is 12.0 Å². The first kappa shape index (κ1) is 32.8. The first-order valence-electron chi connectivity index (χ1n) is 14.3. The van der Waals surface area contributed by atoms with Gasteiger partial charge in [0.05, 0.1) is 45.2 Å². The first-order valence-corrected chi connectivity index (χ1v) is 16.6. The number of fused-ring (bicyclic) bond motifs is 1. The lowest BCUT2D eigenvalue weighted by molar-refractivity contribution is -0.143. The minimum atomic E-state index is -0.722. The maximum Gasteiger partial charge on any atom is 0.338 e. The number of hydrogen-bond donors (Lipinski definition) is 0. The number of thiazole rings is 1. The summed E-state index contributed by atoms with van der Waals surface area (Å²) in [6, 6.07) is 17.9. The number of carbonyl (C=O) groups is 1. The molecule has 4 aromatic rings. The average molecular weight is 759 g/mol. The molecule has 11 heteroatoms. The SMILES string of the molecule is CCOc1ccc([C@H]2C(C(=O)OC(C)C)=C(C)N=c3s/c(=C/c4cc(I)c(OCc5ccccc5Cl)c(OC)c4)c(=O)n32)cc1. The van der Waals surface area contributed by atoms with Crippen LogP contribution >= 0.6 is 45.5 Å². The summed E-state index contributed by atoms with van der Waals surface area (Å²) in [5.41, 5.74) is 2.91. The van der Waals surface area contributed by atoms with Gasteiger partial charge in [-0.2, -0.15) is 0 Å². The molecule has 5 rings (SSSR count). The predicted molar refractivity (Wildman–Crippen MR) is 184 cm³/mol. The Bertz CT molecular complexity index is 1950. The molecule has 3 aromatic carbocycles. The van der Waals surface area contributed by atoms with Gasteiger partial charge in [-0.1, -0.05) is 53.3 Å². The van der Waals surface area contributed by atoms with Gasteiger partial charge in [-0.05, 0) is 97.8 Å². The smallest absolute Gasteiger partial charge is 0.338 e. The summed E-state index contributed by atoms with van der Waals surface area (Å²) in [5, 5.41) is 0.623. The summed E-state index contributed by atoms with van der Waals surface area (Å²) in [6.45, 7) is 8.06. The molecular formula is C34H32ClIN2O6S. The number of benzene rings is 3. The molecule has 45 heavy (non-hydrogen) atoms. The van der Waals surface area contributed by atoms with Crippen LogP contribution in [-0.4, -0.2) is 30.4 Å². The van der Waals surface area contributed by atoms with Gasteiger partial charge in [0.2, 0.25) is 0 Å². The average Bonchev–Trinajstić information content (AvgIpc) is 3.30. The number of halogens is 2. The van der Waals surface area contributed by atoms with E-state index >= 15 is 0 Å². The minimum Gasteiger partial charge on any atom is -0.494 e. The minimum absolute atomic E-state index is 0.270. The Morgan fingerprint density at radius 2 is 1.87 bits per heavy atom. The number of hydrogen-bond acceptors (Lipinski definition) is 8. The van der Waals surface area contributed by atoms with E-state index in [4.69, 9.17) is 30.5 Å². The lowest BCUT2D eigenvalue weighted by atomic mass is 9.96. The van der Waals surface area contributed by atoms with Crippen LogP contribution in [0, 0.1) is 3.57 Å². The molecule has 0 N–H and O–H groups in total. The summed E-state index contributed by atoms with van der Waals surface area (Å²) < 4.78 is 25.8. The highest BCUT2D eigenvalue weighted by Gasteiger charge is 2.34. The van der Waals surface area contributed by atoms with Crippen molar-refractivity contribution in [2.45, 2.75) is 46.4 Å². The molecule has 0 saturated carbocycles. The van der Waals surface area contributed by atoms with Gasteiger partial charge < -0.3 is 18.9 Å². The fraction of sp³-hybridized carbons (Fsp3) is 0.265. The first-order chi connectivity index (χ1) is 21.6. The van der Waals surface area contributed by atoms with Crippen molar-refractivity contribution in [3.63, 3.8) is 0 Å². The molecule has 0 fully saturated rings. The van der Waals surface area contributed by atoms with Crippen molar-refractivity contribution in [3.8, 4) is 17.2 Å². The van der Waals surface area contributed by atoms with E-state index in [1.54, 1.807) is 38.5 Å². The summed E-state index contributed by atoms with van der Waals surface area (Å²) in [4.78, 5) is 32.6. The van der Waals surface area contributed by atoms with E-state index in [-0.39, 0.29) is 18.3 Å². The van der Waals surface area contributed by atoms with Crippen LogP contribution in [-0.2, 0) is 16.1 Å². The van der Waals surface area contributed by atoms with Crippen LogP contribution in [0.4, 0.5) is 0 Å². The summed E-state index contributed by atoms with van der Waals surface area (Å²) in [6.07, 6.45) is 1.46. The second kappa shape index (κ2) is 14.2. The molecule has 8 nitrogen and oxygen atoms in total. The molecule has 1 aliphatic rings. The molecular weight excluding hydrogens is 727 g/mol. The fourth-order valence-corrected chi connectivity index (χ4v) is 6.99. The fourth-order valence-electron chi connectivity index (χ4n) is 4.97. The van der Waals surface area contributed by atoms with Crippen LogP contribution in [0.2, 0.25) is 5.02 Å². The van der Waals surface area contributed by atoms with Crippen molar-refractivity contribution in [2.75, 3.05) is 13.7 Å². The van der Waals surface area contributed by atoms with Gasteiger partial charge in [-0.25, -0.2) is 9.79 Å². The summed E-state index contributed by atoms with van der Waals surface area (Å²) in [5.74, 6) is 1.29. The van der Waals surface area contributed by atoms with Crippen LogP contribution in [0.3, 0.4) is 0 Å². The zero-order valence-corrected chi connectivity index (χ0v) is 29.2. The molecule has 2 heterocycles. The molecule has 0 bridgehead atoms. The van der Waals surface area contributed by atoms with E-state index in [9.17, 15) is 9.59 Å². The molecule has 0 saturated heterocycles. The van der Waals surface area contributed by atoms with Crippen LogP contribution in [0.15, 0.2) is 81.7 Å². The van der Waals surface area contributed by atoms with Gasteiger partial charge in [0.15, 0.2) is 16.3 Å². The predicted octanol–water partition coefficient (Wildman–Crippen LogP) is 6.43. The molecule has 1 aliphatic heterocycles. The van der Waals surface area contributed by atoms with Crippen molar-refractivity contribution in [1.29, 1.82) is 0 Å². The Kier molecular flexibility index (Phi) is 10.4. The molecule has 0 unspecified atom stereocenters. The van der Waals surface area contributed by atoms with E-state index in [0.717, 1.165) is 20.3 Å². The second-order valence-corrected chi connectivity index (χ2v) is 13.0. The third-order valence-electron chi connectivity index (χ3n) is 6.97. The topological polar surface area (TPSA) is 88.4 Å². The zero-order valence-electron chi connectivity index (χ0n) is 25.4. The van der Waals surface area contributed by atoms with Crippen molar-refractivity contribution < 1.29 is 23.7 Å². The Morgan fingerprint density at radius 1 is 1.13 bits per heavy atom. The number of nitrogens with zero attached hydrogens (tertiary/aromatic N) is 2. The normalized spacial score (nSPS) is 14.7. The lowest BCUT2D eigenvalue weighted by Crippen LogP contribution is -2.40. The maximum atomic E-state index is 14.1. The van der Waals surface area contributed by atoms with Gasteiger partial charge in [0.25, 0.3) is 5.56 Å². The van der Waals surface area contributed by atoms with Gasteiger partial charge in [0, 0.05) is 10.6 Å². The van der Waals surface area contributed by atoms with Gasteiger partial charge in [0.1, 0.15) is 12.4 Å². The molecule has 0 aliphatic carbocycles. The van der Waals surface area contributed by atoms with Gasteiger partial charge in [-0.15, -0.1) is 0 Å². The molecule has 234 valence electrons. The number of aromatic nitrogens is 1. The van der Waals surface area contributed by atoms with Gasteiger partial charge >= 0.3 is 5.97 Å². The summed E-state index contributed by atoms with van der Waals surface area (Å²) in [7, 11) is 1.57. The number of methoxy groups -OCH3 is 1. The van der Waals surface area contributed by atoms with E-state index in [0.29, 0.717) is 49.5 Å². The second-order valence-electron chi connectivity index (χ2n) is 10.5. The van der Waals surface area contributed by atoms with E-state index in [2.05, 4.69) is 27.6 Å². The molecule has 0 amide bonds. The lowest BCUT2D eigenvalue weighted by Gasteiger charge is -2.25. The molecule has 1 aromatic heterocycles. The third kappa shape index (κ3) is 7.13. The Balaban J connectivity index is 1.57. The largest absolute Gasteiger partial charge is 0.494 e. The molecule has 0 radical (unpaired) electrons. The van der Waals surface area contributed by atoms with E-state index in [1.807, 2.05) is 67.6 Å². The number of rotatable bonds is 10. The Morgan fingerprint density at radius 3 is 2.53 bits per heavy atom. The highest BCUT2D eigenvalue weighted by molar-refractivity contribution is 14.1. The Hall–Kier alpha value is -3.61. The maximum absolute atomic E-state index is 14.1. The highest BCUT2D eigenvalue weighted by Crippen LogP contribution is 2.36. The van der Waals surface area contributed by atoms with Crippen molar-refractivity contribution >= 4 is 57.6 Å². The van der Waals surface area contributed by atoms with Gasteiger partial charge in [-0.3, -0.25) is 9.36 Å². The van der Waals surface area contributed by atoms with Crippen LogP contribution < -0.4 is 29.1 Å². The quantitative estimate of drug-likeness (QED) is 0.137. The third-order valence-corrected chi connectivity index (χ3v) is 9.12. The van der Waals surface area contributed by atoms with E-state index in [1.165, 1.54) is 11.3 Å². The van der Waals surface area contributed by atoms with Crippen LogP contribution in [0.5, 0.6) is 17.2 Å². The van der Waals surface area contributed by atoms with Crippen molar-refractivity contribution in [3.05, 3.63) is 117 Å². The Labute approximate surface area is 283 Å². The number of ether oxygens (including phenoxy) is 4. The van der Waals surface area contributed by atoms with Crippen molar-refractivity contribution in [2.24, 2.45) is 4.99 Å². The number of esters is 1.